The van der Waals surface area contributed by atoms with Crippen LogP contribution in [0.5, 0.6) is 0 Å². The highest BCUT2D eigenvalue weighted by atomic mass is 33.1. The number of nitrogens with zero attached hydrogens (tertiary/aromatic N) is 3. The minimum atomic E-state index is -1.37. The van der Waals surface area contributed by atoms with Crippen molar-refractivity contribution in [3.8, 4) is 0 Å². The molecule has 9 atom stereocenters. The van der Waals surface area contributed by atoms with Crippen LogP contribution in [0, 0.1) is 0 Å². The van der Waals surface area contributed by atoms with Crippen LogP contribution >= 0.6 is 33.3 Å². The second-order valence-corrected chi connectivity index (χ2v) is 24.6. The smallest absolute Gasteiger partial charge is 0.323 e. The summed E-state index contributed by atoms with van der Waals surface area (Å²) in [7, 11) is 2.35. The molecule has 3 saturated heterocycles. The lowest BCUT2D eigenvalue weighted by atomic mass is 10.0. The highest BCUT2D eigenvalue weighted by Gasteiger charge is 2.43. The number of nitrogens with one attached hydrogen (secondary N) is 10. The number of benzene rings is 2. The highest BCUT2D eigenvalue weighted by Crippen LogP contribution is 2.33. The van der Waals surface area contributed by atoms with E-state index < -0.39 is 84.2 Å². The Hall–Kier alpha value is -7.46. The topological polar surface area (TPSA) is 382 Å². The van der Waals surface area contributed by atoms with Crippen molar-refractivity contribution in [1.82, 2.24) is 62.4 Å². The molecule has 3 aliphatic rings. The molecule has 0 aliphatic carbocycles. The molecule has 5 heterocycles. The summed E-state index contributed by atoms with van der Waals surface area (Å²) >= 11 is 1.79. The number of hydrogen-bond donors (Lipinski definition) is 13. The first kappa shape index (κ1) is 63.1. The number of unbranched alkanes of at least 4 members (excludes halogenated alkanes) is 2. The average molecular weight is 1200 g/mol. The number of amides is 9. The number of rotatable bonds is 23. The SMILES string of the molecule is CCCC[C@H](NC(=O)CCCC[C@@H]1SC[C@@H]2NC(=O)N[C@@H]21)C(=O)N[C@H]1CSSCCN(CC(=O)O)C(=O)[C@H](Cc2c[nH]c3ccccc23)NC(=O)[C@H](CCCN=C(N)N)NC(=O)[C@@H](Cc2ccccc2)NC(=O)[C@H](Cc2cnc[nH]2)NC1=O. The molecule has 2 aromatic carbocycles. The summed E-state index contributed by atoms with van der Waals surface area (Å²) in [5.41, 5.74) is 13.7. The molecule has 0 bridgehead atoms. The highest BCUT2D eigenvalue weighted by molar-refractivity contribution is 8.76. The Bertz CT molecular complexity index is 2890. The van der Waals surface area contributed by atoms with Crippen molar-refractivity contribution < 1.29 is 48.3 Å². The van der Waals surface area contributed by atoms with E-state index in [-0.39, 0.29) is 105 Å². The van der Waals surface area contributed by atoms with Crippen molar-refractivity contribution in [2.24, 2.45) is 16.5 Å². The summed E-state index contributed by atoms with van der Waals surface area (Å²) in [5.74, 6) is -5.48. The van der Waals surface area contributed by atoms with Gasteiger partial charge in [-0.2, -0.15) is 11.8 Å². The standard InChI is InChI=1S/C55H75N15O10S3/c1-2-3-15-37(62-45(71)19-10-9-18-44-47-42(29-81-44)68-55(80)69-47)48(74)67-43-30-83-82-22-21-70(28-46(72)73)53(79)41(24-33-26-60-36-16-8-7-14-35(33)36)66-49(75)38(17-11-20-59-54(56)57)63-50(76)39(23-32-12-5-4-6-13-32)64-51(77)40(65-52(43)78)25-34-27-58-31-61-34/h4-8,12-14,16,26-27,31,37-44,47,60H,2-3,9-11,15,17-25,28-30H2,1H3,(H,58,61)(H,62,71)(H,63,76)(H,64,77)(H,65,78)(H,66,75)(H,67,74)(H,72,73)(H4,56,57,59)(H2,68,69,80)/t37-,38-,39+,40-,41-,42-,43-,44-,47-/m0/s1. The summed E-state index contributed by atoms with van der Waals surface area (Å²) in [6, 6.07) is 8.31. The zero-order valence-corrected chi connectivity index (χ0v) is 48.6. The molecular formula is C55H75N15O10S3. The molecule has 25 nitrogen and oxygen atoms in total. The monoisotopic (exact) mass is 1200 g/mol. The number of carboxylic acid groups (broad SMARTS) is 1. The molecular weight excluding hydrogens is 1130 g/mol. The summed E-state index contributed by atoms with van der Waals surface area (Å²) in [6.07, 6.45) is 8.18. The molecule has 448 valence electrons. The number of para-hydroxylation sites is 1. The van der Waals surface area contributed by atoms with Gasteiger partial charge in [0, 0.05) is 90.3 Å². The summed E-state index contributed by atoms with van der Waals surface area (Å²) in [6.45, 7) is 1.16. The number of aromatic amines is 2. The van der Waals surface area contributed by atoms with Gasteiger partial charge in [-0.3, -0.25) is 43.3 Å². The van der Waals surface area contributed by atoms with E-state index in [0.717, 1.165) is 45.2 Å². The molecule has 0 saturated carbocycles. The van der Waals surface area contributed by atoms with E-state index in [1.807, 2.05) is 31.2 Å². The third-order valence-corrected chi connectivity index (χ3v) is 18.3. The fourth-order valence-corrected chi connectivity index (χ4v) is 13.8. The number of aliphatic carboxylic acids is 1. The number of hydrogen-bond acceptors (Lipinski definition) is 14. The number of aliphatic imine (C=N–C) groups is 1. The maximum atomic E-state index is 14.8. The van der Waals surface area contributed by atoms with E-state index in [2.05, 4.69) is 62.5 Å². The van der Waals surface area contributed by atoms with Gasteiger partial charge < -0.3 is 74.0 Å². The van der Waals surface area contributed by atoms with E-state index in [0.29, 0.717) is 36.1 Å². The van der Waals surface area contributed by atoms with Crippen molar-refractivity contribution in [2.45, 2.75) is 138 Å². The number of carbonyl (C=O) groups is 9. The number of guanidine groups is 1. The molecule has 15 N–H and O–H groups in total. The molecule has 3 aliphatic heterocycles. The first-order chi connectivity index (χ1) is 40.0. The van der Waals surface area contributed by atoms with Crippen LogP contribution < -0.4 is 54.0 Å². The van der Waals surface area contributed by atoms with Gasteiger partial charge in [-0.15, -0.1) is 0 Å². The lowest BCUT2D eigenvalue weighted by molar-refractivity contribution is -0.145. The number of aromatic nitrogens is 3. The fourth-order valence-electron chi connectivity index (χ4n) is 10.1. The molecule has 2 aromatic heterocycles. The van der Waals surface area contributed by atoms with Gasteiger partial charge in [-0.05, 0) is 49.3 Å². The molecule has 0 radical (unpaired) electrons. The number of carboxylic acids is 1. The van der Waals surface area contributed by atoms with Gasteiger partial charge >= 0.3 is 12.0 Å². The van der Waals surface area contributed by atoms with Gasteiger partial charge in [0.25, 0.3) is 0 Å². The van der Waals surface area contributed by atoms with Crippen LogP contribution in [-0.2, 0) is 57.6 Å². The Balaban J connectivity index is 1.17. The molecule has 83 heavy (non-hydrogen) atoms. The van der Waals surface area contributed by atoms with E-state index in [1.54, 1.807) is 48.3 Å². The molecule has 7 rings (SSSR count). The minimum absolute atomic E-state index is 0.0388. The van der Waals surface area contributed by atoms with Crippen LogP contribution in [0.1, 0.15) is 81.5 Å². The Labute approximate surface area is 492 Å². The summed E-state index contributed by atoms with van der Waals surface area (Å²) in [5, 5.41) is 34.1. The number of fused-ring (bicyclic) bond motifs is 2. The second-order valence-electron chi connectivity index (χ2n) is 20.7. The molecule has 28 heteroatoms. The first-order valence-electron chi connectivity index (χ1n) is 27.9. The number of urea groups is 1. The van der Waals surface area contributed by atoms with Gasteiger partial charge in [0.2, 0.25) is 41.4 Å². The van der Waals surface area contributed by atoms with Crippen molar-refractivity contribution in [2.75, 3.05) is 36.9 Å². The normalized spacial score (nSPS) is 23.3. The number of H-pyrrole nitrogens is 2. The van der Waals surface area contributed by atoms with Crippen molar-refractivity contribution in [1.29, 1.82) is 0 Å². The molecule has 0 unspecified atom stereocenters. The predicted octanol–water partition coefficient (Wildman–Crippen LogP) is 1.11. The third-order valence-electron chi connectivity index (χ3n) is 14.4. The number of nitrogens with two attached hydrogens (primary N) is 2. The largest absolute Gasteiger partial charge is 0.480 e. The Morgan fingerprint density at radius 1 is 0.783 bits per heavy atom. The Morgan fingerprint density at radius 2 is 1.51 bits per heavy atom. The summed E-state index contributed by atoms with van der Waals surface area (Å²) in [4.78, 5) is 141. The van der Waals surface area contributed by atoms with Crippen LogP contribution in [0.3, 0.4) is 0 Å². The van der Waals surface area contributed by atoms with E-state index in [1.165, 1.54) is 23.3 Å². The molecule has 4 aromatic rings. The fraction of sp³-hybridized carbons (Fsp3) is 0.509. The molecule has 0 spiro atoms. The van der Waals surface area contributed by atoms with Crippen molar-refractivity contribution >= 4 is 104 Å². The van der Waals surface area contributed by atoms with Gasteiger partial charge in [0.05, 0.1) is 18.4 Å². The van der Waals surface area contributed by atoms with E-state index in [4.69, 9.17) is 11.5 Å². The maximum Gasteiger partial charge on any atom is 0.323 e. The van der Waals surface area contributed by atoms with Crippen LogP contribution in [0.4, 0.5) is 4.79 Å². The lowest BCUT2D eigenvalue weighted by Crippen LogP contribution is -2.61. The van der Waals surface area contributed by atoms with Crippen LogP contribution in [0.15, 0.2) is 78.3 Å². The first-order valence-corrected chi connectivity index (χ1v) is 31.4. The zero-order valence-electron chi connectivity index (χ0n) is 46.2. The number of imidazole rings is 1. The Kier molecular flexibility index (Phi) is 24.2. The van der Waals surface area contributed by atoms with Gasteiger partial charge in [-0.1, -0.05) is 96.3 Å². The quantitative estimate of drug-likeness (QED) is 0.0163. The number of carbonyl (C=O) groups excluding carboxylic acids is 8. The molecule has 3 fully saturated rings. The second kappa shape index (κ2) is 31.8. The van der Waals surface area contributed by atoms with Gasteiger partial charge in [0.1, 0.15) is 42.8 Å². The average Bonchev–Trinajstić information content (AvgIpc) is 4.49. The maximum absolute atomic E-state index is 14.8. The van der Waals surface area contributed by atoms with E-state index >= 15 is 0 Å². The third kappa shape index (κ3) is 19.3. The molecule has 9 amide bonds. The zero-order chi connectivity index (χ0) is 59.3. The number of thioether (sulfide) groups is 1. The van der Waals surface area contributed by atoms with Gasteiger partial charge in [0.15, 0.2) is 5.96 Å². The van der Waals surface area contributed by atoms with Gasteiger partial charge in [-0.25, -0.2) is 9.78 Å². The van der Waals surface area contributed by atoms with E-state index in [9.17, 15) is 48.3 Å². The van der Waals surface area contributed by atoms with Crippen LogP contribution in [0.2, 0.25) is 0 Å². The Morgan fingerprint density at radius 3 is 2.25 bits per heavy atom. The van der Waals surface area contributed by atoms with Crippen molar-refractivity contribution in [3.63, 3.8) is 0 Å². The van der Waals surface area contributed by atoms with Crippen molar-refractivity contribution in [3.05, 3.63) is 90.1 Å². The lowest BCUT2D eigenvalue weighted by Gasteiger charge is -2.29. The van der Waals surface area contributed by atoms with Crippen LogP contribution in [0.25, 0.3) is 10.9 Å². The minimum Gasteiger partial charge on any atom is -0.480 e. The predicted molar refractivity (Wildman–Crippen MR) is 319 cm³/mol. The van der Waals surface area contributed by atoms with Crippen LogP contribution in [-0.4, -0.2) is 175 Å². The summed E-state index contributed by atoms with van der Waals surface area (Å²) < 4.78 is 0.